The van der Waals surface area contributed by atoms with Crippen molar-refractivity contribution < 1.29 is 19.8 Å². The Balaban J connectivity index is 3.54. The SMILES string of the molecule is Cc1c(C(=O)O)ccc(N(C)C)c1C(=O)O. The fourth-order valence-corrected chi connectivity index (χ4v) is 1.57. The van der Waals surface area contributed by atoms with Gasteiger partial charge >= 0.3 is 11.9 Å². The van der Waals surface area contributed by atoms with Gasteiger partial charge in [0.15, 0.2) is 0 Å². The third kappa shape index (κ3) is 1.98. The number of hydrogen-bond donors (Lipinski definition) is 2. The van der Waals surface area contributed by atoms with Crippen molar-refractivity contribution in [2.75, 3.05) is 19.0 Å². The molecule has 0 fully saturated rings. The zero-order valence-corrected chi connectivity index (χ0v) is 9.31. The molecule has 0 aliphatic heterocycles. The number of carboxylic acid groups (broad SMARTS) is 2. The molecular weight excluding hydrogens is 210 g/mol. The van der Waals surface area contributed by atoms with E-state index < -0.39 is 11.9 Å². The van der Waals surface area contributed by atoms with Crippen molar-refractivity contribution in [3.05, 3.63) is 28.8 Å². The summed E-state index contributed by atoms with van der Waals surface area (Å²) in [5, 5.41) is 18.0. The van der Waals surface area contributed by atoms with Gasteiger partial charge in [-0.1, -0.05) is 0 Å². The lowest BCUT2D eigenvalue weighted by molar-refractivity contribution is 0.0696. The van der Waals surface area contributed by atoms with Gasteiger partial charge in [0.25, 0.3) is 0 Å². The van der Waals surface area contributed by atoms with Gasteiger partial charge in [-0.05, 0) is 24.6 Å². The molecule has 0 aliphatic carbocycles. The van der Waals surface area contributed by atoms with E-state index in [-0.39, 0.29) is 16.7 Å². The highest BCUT2D eigenvalue weighted by Crippen LogP contribution is 2.25. The molecule has 2 N–H and O–H groups in total. The summed E-state index contributed by atoms with van der Waals surface area (Å²) in [5.74, 6) is -2.24. The molecule has 0 heterocycles. The van der Waals surface area contributed by atoms with Crippen LogP contribution in [0.25, 0.3) is 0 Å². The molecule has 0 aliphatic rings. The molecular formula is C11H13NO4. The Morgan fingerprint density at radius 2 is 1.69 bits per heavy atom. The minimum Gasteiger partial charge on any atom is -0.478 e. The van der Waals surface area contributed by atoms with Gasteiger partial charge in [0.05, 0.1) is 16.8 Å². The number of aromatic carboxylic acids is 2. The summed E-state index contributed by atoms with van der Waals surface area (Å²) >= 11 is 0. The third-order valence-corrected chi connectivity index (χ3v) is 2.37. The Morgan fingerprint density at radius 1 is 1.12 bits per heavy atom. The van der Waals surface area contributed by atoms with E-state index in [0.717, 1.165) is 0 Å². The molecule has 0 atom stereocenters. The number of carbonyl (C=O) groups is 2. The van der Waals surface area contributed by atoms with Gasteiger partial charge in [-0.25, -0.2) is 9.59 Å². The number of benzene rings is 1. The van der Waals surface area contributed by atoms with Crippen LogP contribution in [0.15, 0.2) is 12.1 Å². The Bertz CT molecular complexity index is 452. The average Bonchev–Trinajstić information content (AvgIpc) is 2.15. The van der Waals surface area contributed by atoms with Crippen LogP contribution in [0.5, 0.6) is 0 Å². The highest BCUT2D eigenvalue weighted by Gasteiger charge is 2.20. The summed E-state index contributed by atoms with van der Waals surface area (Å²) in [5.41, 5.74) is 0.814. The molecule has 1 aromatic rings. The van der Waals surface area contributed by atoms with Crippen LogP contribution in [0.4, 0.5) is 5.69 Å². The van der Waals surface area contributed by atoms with E-state index in [1.54, 1.807) is 19.0 Å². The van der Waals surface area contributed by atoms with Gasteiger partial charge < -0.3 is 15.1 Å². The first-order valence-corrected chi connectivity index (χ1v) is 4.63. The Morgan fingerprint density at radius 3 is 2.06 bits per heavy atom. The van der Waals surface area contributed by atoms with Crippen LogP contribution in [-0.2, 0) is 0 Å². The molecule has 0 spiro atoms. The largest absolute Gasteiger partial charge is 0.478 e. The Labute approximate surface area is 92.9 Å². The van der Waals surface area contributed by atoms with Crippen LogP contribution in [-0.4, -0.2) is 36.2 Å². The van der Waals surface area contributed by atoms with Crippen molar-refractivity contribution in [1.82, 2.24) is 0 Å². The van der Waals surface area contributed by atoms with Gasteiger partial charge in [-0.2, -0.15) is 0 Å². The number of nitrogens with zero attached hydrogens (tertiary/aromatic N) is 1. The lowest BCUT2D eigenvalue weighted by Gasteiger charge is -2.18. The second kappa shape index (κ2) is 4.22. The minimum atomic E-state index is -1.12. The van der Waals surface area contributed by atoms with Crippen molar-refractivity contribution in [3.63, 3.8) is 0 Å². The molecule has 0 amide bonds. The number of anilines is 1. The summed E-state index contributed by atoms with van der Waals surface area (Å²) < 4.78 is 0. The number of rotatable bonds is 3. The van der Waals surface area contributed by atoms with Crippen LogP contribution < -0.4 is 4.90 Å². The van der Waals surface area contributed by atoms with E-state index in [0.29, 0.717) is 5.69 Å². The topological polar surface area (TPSA) is 77.8 Å². The lowest BCUT2D eigenvalue weighted by atomic mass is 10.00. The van der Waals surface area contributed by atoms with Gasteiger partial charge in [-0.3, -0.25) is 0 Å². The smallest absolute Gasteiger partial charge is 0.338 e. The maximum atomic E-state index is 11.1. The van der Waals surface area contributed by atoms with Crippen molar-refractivity contribution in [2.45, 2.75) is 6.92 Å². The predicted octanol–water partition coefficient (Wildman–Crippen LogP) is 1.46. The van der Waals surface area contributed by atoms with E-state index in [2.05, 4.69) is 0 Å². The van der Waals surface area contributed by atoms with Gasteiger partial charge in [0.1, 0.15) is 0 Å². The summed E-state index contributed by atoms with van der Waals surface area (Å²) in [7, 11) is 3.42. The Kier molecular flexibility index (Phi) is 3.17. The first-order chi connectivity index (χ1) is 7.36. The maximum Gasteiger partial charge on any atom is 0.338 e. The second-order valence-corrected chi connectivity index (χ2v) is 3.64. The van der Waals surface area contributed by atoms with Gasteiger partial charge in [0.2, 0.25) is 0 Å². The lowest BCUT2D eigenvalue weighted by Crippen LogP contribution is -2.16. The highest BCUT2D eigenvalue weighted by molar-refractivity contribution is 6.01. The number of carboxylic acids is 2. The zero-order valence-electron chi connectivity index (χ0n) is 9.31. The quantitative estimate of drug-likeness (QED) is 0.811. The fourth-order valence-electron chi connectivity index (χ4n) is 1.57. The maximum absolute atomic E-state index is 11.1. The monoisotopic (exact) mass is 223 g/mol. The molecule has 5 nitrogen and oxygen atoms in total. The molecule has 0 unspecified atom stereocenters. The van der Waals surface area contributed by atoms with Crippen LogP contribution in [0, 0.1) is 6.92 Å². The van der Waals surface area contributed by atoms with Crippen molar-refractivity contribution in [1.29, 1.82) is 0 Å². The molecule has 0 radical (unpaired) electrons. The first kappa shape index (κ1) is 12.0. The first-order valence-electron chi connectivity index (χ1n) is 4.63. The summed E-state index contributed by atoms with van der Waals surface area (Å²) in [6, 6.07) is 2.92. The Hall–Kier alpha value is -2.04. The zero-order chi connectivity index (χ0) is 12.5. The van der Waals surface area contributed by atoms with Gasteiger partial charge in [0, 0.05) is 14.1 Å². The van der Waals surface area contributed by atoms with Crippen LogP contribution in [0.3, 0.4) is 0 Å². The van der Waals surface area contributed by atoms with Crippen LogP contribution in [0.1, 0.15) is 26.3 Å². The molecule has 5 heteroatoms. The number of hydrogen-bond acceptors (Lipinski definition) is 3. The van der Waals surface area contributed by atoms with E-state index >= 15 is 0 Å². The van der Waals surface area contributed by atoms with E-state index in [9.17, 15) is 9.59 Å². The van der Waals surface area contributed by atoms with Crippen LogP contribution >= 0.6 is 0 Å². The summed E-state index contributed by atoms with van der Waals surface area (Å²) in [6.45, 7) is 1.50. The van der Waals surface area contributed by atoms with Crippen LogP contribution in [0.2, 0.25) is 0 Å². The third-order valence-electron chi connectivity index (χ3n) is 2.37. The standard InChI is InChI=1S/C11H13NO4/c1-6-7(10(13)14)4-5-8(12(2)3)9(6)11(15)16/h4-5H,1-3H3,(H,13,14)(H,15,16). The molecule has 16 heavy (non-hydrogen) atoms. The van der Waals surface area contributed by atoms with E-state index in [1.807, 2.05) is 0 Å². The van der Waals surface area contributed by atoms with E-state index in [4.69, 9.17) is 10.2 Å². The normalized spacial score (nSPS) is 9.94. The van der Waals surface area contributed by atoms with Crippen molar-refractivity contribution in [3.8, 4) is 0 Å². The fraction of sp³-hybridized carbons (Fsp3) is 0.273. The minimum absolute atomic E-state index is 0.0167. The molecule has 0 aromatic heterocycles. The highest BCUT2D eigenvalue weighted by atomic mass is 16.4. The molecule has 86 valence electrons. The average molecular weight is 223 g/mol. The van der Waals surface area contributed by atoms with Gasteiger partial charge in [-0.15, -0.1) is 0 Å². The molecule has 0 saturated carbocycles. The van der Waals surface area contributed by atoms with Crippen molar-refractivity contribution in [2.24, 2.45) is 0 Å². The summed E-state index contributed by atoms with van der Waals surface area (Å²) in [4.78, 5) is 23.6. The van der Waals surface area contributed by atoms with Crippen molar-refractivity contribution >= 4 is 17.6 Å². The summed E-state index contributed by atoms with van der Waals surface area (Å²) in [6.07, 6.45) is 0. The molecule has 1 aromatic carbocycles. The molecule has 0 bridgehead atoms. The predicted molar refractivity (Wildman–Crippen MR) is 59.4 cm³/mol. The molecule has 0 saturated heterocycles. The van der Waals surface area contributed by atoms with E-state index in [1.165, 1.54) is 19.1 Å². The second-order valence-electron chi connectivity index (χ2n) is 3.64. The molecule has 1 rings (SSSR count).